The second-order valence-electron chi connectivity index (χ2n) is 5.61. The summed E-state index contributed by atoms with van der Waals surface area (Å²) in [6.45, 7) is 1.92. The highest BCUT2D eigenvalue weighted by Crippen LogP contribution is 2.36. The van der Waals surface area contributed by atoms with E-state index in [0.29, 0.717) is 5.56 Å². The number of hydrazone groups is 1. The van der Waals surface area contributed by atoms with Crippen LogP contribution in [0.4, 0.5) is 5.69 Å². The molecule has 9 nitrogen and oxygen atoms in total. The number of aromatic nitrogens is 1. The average molecular weight is 432 g/mol. The molecule has 1 heterocycles. The van der Waals surface area contributed by atoms with E-state index in [1.54, 1.807) is 6.92 Å². The number of carbonyl (C=O) groups excluding carboxylic acids is 1. The highest BCUT2D eigenvalue weighted by Gasteiger charge is 2.19. The zero-order chi connectivity index (χ0) is 20.8. The number of nitrogens with one attached hydrogen (secondary N) is 1. The molecule has 0 bridgehead atoms. The molecular formula is C18H16N4O5S2. The maximum atomic E-state index is 12.0. The number of hydrogen-bond donors (Lipinski definition) is 2. The van der Waals surface area contributed by atoms with E-state index in [2.05, 4.69) is 15.5 Å². The number of nitro groups is 1. The van der Waals surface area contributed by atoms with Gasteiger partial charge in [0.05, 0.1) is 33.7 Å². The van der Waals surface area contributed by atoms with Gasteiger partial charge in [0.2, 0.25) is 5.75 Å². The molecule has 2 aromatic carbocycles. The van der Waals surface area contributed by atoms with Crippen LogP contribution in [0.1, 0.15) is 12.5 Å². The second kappa shape index (κ2) is 9.34. The van der Waals surface area contributed by atoms with Crippen molar-refractivity contribution in [1.29, 1.82) is 0 Å². The van der Waals surface area contributed by atoms with Crippen molar-refractivity contribution >= 4 is 51.1 Å². The van der Waals surface area contributed by atoms with Gasteiger partial charge >= 0.3 is 5.69 Å². The lowest BCUT2D eigenvalue weighted by molar-refractivity contribution is -0.386. The first kappa shape index (κ1) is 20.6. The van der Waals surface area contributed by atoms with Crippen LogP contribution in [0.5, 0.6) is 11.5 Å². The quantitative estimate of drug-likeness (QED) is 0.241. The van der Waals surface area contributed by atoms with Crippen molar-refractivity contribution in [3.05, 3.63) is 52.1 Å². The molecule has 0 atom stereocenters. The zero-order valence-corrected chi connectivity index (χ0v) is 16.8. The summed E-state index contributed by atoms with van der Waals surface area (Å²) in [6, 6.07) is 10.3. The minimum Gasteiger partial charge on any atom is -0.500 e. The number of benzene rings is 2. The number of nitro benzene ring substituents is 1. The number of thioether (sulfide) groups is 1. The first-order valence-corrected chi connectivity index (χ1v) is 10.2. The Bertz CT molecular complexity index is 1050. The number of para-hydroxylation sites is 1. The molecule has 0 aliphatic carbocycles. The number of nitrogens with zero attached hydrogens (tertiary/aromatic N) is 3. The summed E-state index contributed by atoms with van der Waals surface area (Å²) in [7, 11) is 0. The van der Waals surface area contributed by atoms with Crippen LogP contribution in [-0.4, -0.2) is 39.5 Å². The number of carbonyl (C=O) groups is 1. The van der Waals surface area contributed by atoms with Gasteiger partial charge in [-0.05, 0) is 25.1 Å². The SMILES string of the molecule is CCOc1cc(/C=N/NC(=O)CSc2nc3ccccc3s2)cc([N+](=O)[O-])c1O. The van der Waals surface area contributed by atoms with Gasteiger partial charge in [-0.1, -0.05) is 23.9 Å². The highest BCUT2D eigenvalue weighted by atomic mass is 32.2. The number of fused-ring (bicyclic) bond motifs is 1. The van der Waals surface area contributed by atoms with Gasteiger partial charge in [-0.2, -0.15) is 5.10 Å². The van der Waals surface area contributed by atoms with E-state index in [4.69, 9.17) is 4.74 Å². The van der Waals surface area contributed by atoms with Gasteiger partial charge in [-0.15, -0.1) is 11.3 Å². The molecule has 0 aliphatic heterocycles. The number of amides is 1. The molecule has 0 radical (unpaired) electrons. The first-order valence-electron chi connectivity index (χ1n) is 8.42. The molecule has 0 aliphatic rings. The Morgan fingerprint density at radius 3 is 2.97 bits per heavy atom. The Hall–Kier alpha value is -3.18. The van der Waals surface area contributed by atoms with E-state index in [1.165, 1.54) is 35.4 Å². The Kier molecular flexibility index (Phi) is 6.62. The van der Waals surface area contributed by atoms with Crippen molar-refractivity contribution in [1.82, 2.24) is 10.4 Å². The summed E-state index contributed by atoms with van der Waals surface area (Å²) in [6.07, 6.45) is 1.25. The molecule has 0 fully saturated rings. The van der Waals surface area contributed by atoms with Gasteiger partial charge in [-0.25, -0.2) is 10.4 Å². The summed E-state index contributed by atoms with van der Waals surface area (Å²) in [5, 5.41) is 24.7. The van der Waals surface area contributed by atoms with Crippen molar-refractivity contribution in [2.24, 2.45) is 5.10 Å². The van der Waals surface area contributed by atoms with Crippen LogP contribution in [0.3, 0.4) is 0 Å². The van der Waals surface area contributed by atoms with Gasteiger partial charge < -0.3 is 9.84 Å². The normalized spacial score (nSPS) is 11.1. The number of ether oxygens (including phenoxy) is 1. The minimum atomic E-state index is -0.720. The van der Waals surface area contributed by atoms with Crippen LogP contribution < -0.4 is 10.2 Å². The van der Waals surface area contributed by atoms with E-state index in [1.807, 2.05) is 24.3 Å². The fraction of sp³-hybridized carbons (Fsp3) is 0.167. The van der Waals surface area contributed by atoms with Crippen LogP contribution in [0.2, 0.25) is 0 Å². The number of phenols is 1. The van der Waals surface area contributed by atoms with Crippen LogP contribution in [0, 0.1) is 10.1 Å². The van der Waals surface area contributed by atoms with Gasteiger partial charge in [0.25, 0.3) is 5.91 Å². The lowest BCUT2D eigenvalue weighted by Crippen LogP contribution is -2.19. The molecular weight excluding hydrogens is 416 g/mol. The molecule has 1 amide bonds. The maximum absolute atomic E-state index is 12.0. The third-order valence-electron chi connectivity index (χ3n) is 3.58. The molecule has 0 unspecified atom stereocenters. The topological polar surface area (TPSA) is 127 Å². The summed E-state index contributed by atoms with van der Waals surface area (Å²) < 4.78 is 7.02. The largest absolute Gasteiger partial charge is 0.500 e. The van der Waals surface area contributed by atoms with E-state index < -0.39 is 16.4 Å². The van der Waals surface area contributed by atoms with E-state index in [-0.39, 0.29) is 24.0 Å². The lowest BCUT2D eigenvalue weighted by Gasteiger charge is -2.07. The standard InChI is InChI=1S/C18H16N4O5S2/c1-2-27-14-8-11(7-13(17(14)24)22(25)26)9-19-21-16(23)10-28-18-20-12-5-3-4-6-15(12)29-18/h3-9,24H,2,10H2,1H3,(H,21,23)/b19-9+. The highest BCUT2D eigenvalue weighted by molar-refractivity contribution is 8.01. The third-order valence-corrected chi connectivity index (χ3v) is 5.76. The number of phenolic OH excluding ortho intramolecular Hbond substituents is 1. The number of rotatable bonds is 8. The minimum absolute atomic E-state index is 0.0270. The summed E-state index contributed by atoms with van der Waals surface area (Å²) >= 11 is 2.80. The Morgan fingerprint density at radius 2 is 2.24 bits per heavy atom. The first-order chi connectivity index (χ1) is 14.0. The van der Waals surface area contributed by atoms with E-state index >= 15 is 0 Å². The van der Waals surface area contributed by atoms with Crippen LogP contribution in [0.15, 0.2) is 45.8 Å². The fourth-order valence-electron chi connectivity index (χ4n) is 2.34. The van der Waals surface area contributed by atoms with Gasteiger partial charge in [-0.3, -0.25) is 14.9 Å². The lowest BCUT2D eigenvalue weighted by atomic mass is 10.2. The van der Waals surface area contributed by atoms with Crippen molar-refractivity contribution in [3.8, 4) is 11.5 Å². The molecule has 3 aromatic rings. The van der Waals surface area contributed by atoms with Crippen LogP contribution in [-0.2, 0) is 4.79 Å². The molecule has 3 rings (SSSR count). The number of aromatic hydroxyl groups is 1. The molecule has 29 heavy (non-hydrogen) atoms. The fourth-order valence-corrected chi connectivity index (χ4v) is 4.21. The van der Waals surface area contributed by atoms with Crippen molar-refractivity contribution in [2.75, 3.05) is 12.4 Å². The number of hydrogen-bond acceptors (Lipinski definition) is 9. The van der Waals surface area contributed by atoms with Gasteiger partial charge in [0.1, 0.15) is 0 Å². The molecule has 2 N–H and O–H groups in total. The predicted octanol–water partition coefficient (Wildman–Crippen LogP) is 3.55. The Morgan fingerprint density at radius 1 is 1.45 bits per heavy atom. The van der Waals surface area contributed by atoms with Gasteiger partial charge in [0, 0.05) is 11.6 Å². The molecule has 150 valence electrons. The number of thiazole rings is 1. The molecule has 11 heteroatoms. The Labute approximate surface area is 173 Å². The van der Waals surface area contributed by atoms with Crippen molar-refractivity contribution < 1.29 is 19.6 Å². The summed E-state index contributed by atoms with van der Waals surface area (Å²) in [4.78, 5) is 26.8. The van der Waals surface area contributed by atoms with E-state index in [0.717, 1.165) is 20.6 Å². The van der Waals surface area contributed by atoms with Crippen LogP contribution in [0.25, 0.3) is 10.2 Å². The van der Waals surface area contributed by atoms with Crippen molar-refractivity contribution in [2.45, 2.75) is 11.3 Å². The van der Waals surface area contributed by atoms with Crippen molar-refractivity contribution in [3.63, 3.8) is 0 Å². The smallest absolute Gasteiger partial charge is 0.315 e. The zero-order valence-electron chi connectivity index (χ0n) is 15.2. The second-order valence-corrected chi connectivity index (χ2v) is 7.86. The van der Waals surface area contributed by atoms with Gasteiger partial charge in [0.15, 0.2) is 10.1 Å². The predicted molar refractivity (Wildman–Crippen MR) is 112 cm³/mol. The third kappa shape index (κ3) is 5.21. The Balaban J connectivity index is 1.61. The summed E-state index contributed by atoms with van der Waals surface area (Å²) in [5.74, 6) is -0.799. The van der Waals surface area contributed by atoms with Crippen LogP contribution >= 0.6 is 23.1 Å². The maximum Gasteiger partial charge on any atom is 0.315 e. The molecule has 0 saturated carbocycles. The molecule has 0 saturated heterocycles. The molecule has 0 spiro atoms. The van der Waals surface area contributed by atoms with E-state index in [9.17, 15) is 20.0 Å². The summed E-state index contributed by atoms with van der Waals surface area (Å²) in [5.41, 5.74) is 3.05. The monoisotopic (exact) mass is 432 g/mol. The average Bonchev–Trinajstić information content (AvgIpc) is 3.11. The molecule has 1 aromatic heterocycles.